The summed E-state index contributed by atoms with van der Waals surface area (Å²) in [4.78, 5) is 11.6. The molecule has 0 bridgehead atoms. The molecule has 1 heterocycles. The van der Waals surface area contributed by atoms with Gasteiger partial charge in [0.25, 0.3) is 0 Å². The second-order valence-electron chi connectivity index (χ2n) is 4.04. The molecule has 1 aliphatic heterocycles. The lowest BCUT2D eigenvalue weighted by molar-refractivity contribution is -0.128. The monoisotopic (exact) mass is 246 g/mol. The van der Waals surface area contributed by atoms with Crippen molar-refractivity contribution in [2.75, 3.05) is 53.4 Å². The van der Waals surface area contributed by atoms with Crippen LogP contribution in [0.1, 0.15) is 12.8 Å². The van der Waals surface area contributed by atoms with E-state index in [-0.39, 0.29) is 18.3 Å². The summed E-state index contributed by atoms with van der Waals surface area (Å²) in [5.74, 6) is 0.180. The molecule has 17 heavy (non-hydrogen) atoms. The fourth-order valence-corrected chi connectivity index (χ4v) is 1.60. The first kappa shape index (κ1) is 14.6. The van der Waals surface area contributed by atoms with E-state index in [0.717, 1.165) is 12.8 Å². The lowest BCUT2D eigenvalue weighted by Crippen LogP contribution is -2.21. The van der Waals surface area contributed by atoms with Gasteiger partial charge in [0.05, 0.1) is 19.8 Å². The summed E-state index contributed by atoms with van der Waals surface area (Å²) in [6.07, 6.45) is 1.71. The van der Waals surface area contributed by atoms with E-state index >= 15 is 0 Å². The molecule has 0 amide bonds. The Hall–Kier alpha value is -0.490. The van der Waals surface area contributed by atoms with Gasteiger partial charge < -0.3 is 18.9 Å². The number of hydrogen-bond donors (Lipinski definition) is 0. The number of carbonyl (C=O) groups excluding carboxylic acids is 1. The van der Waals surface area contributed by atoms with Gasteiger partial charge in [0.1, 0.15) is 6.61 Å². The van der Waals surface area contributed by atoms with Crippen molar-refractivity contribution in [3.8, 4) is 0 Å². The molecule has 1 saturated heterocycles. The van der Waals surface area contributed by atoms with Gasteiger partial charge >= 0.3 is 0 Å². The van der Waals surface area contributed by atoms with Gasteiger partial charge in [-0.15, -0.1) is 0 Å². The van der Waals surface area contributed by atoms with E-state index in [1.54, 1.807) is 7.11 Å². The molecule has 0 spiro atoms. The fourth-order valence-electron chi connectivity index (χ4n) is 1.60. The molecule has 1 atom stereocenters. The van der Waals surface area contributed by atoms with Crippen molar-refractivity contribution in [2.45, 2.75) is 12.8 Å². The first-order valence-electron chi connectivity index (χ1n) is 6.09. The Morgan fingerprint density at radius 2 is 2.06 bits per heavy atom. The average Bonchev–Trinajstić information content (AvgIpc) is 2.86. The number of carbonyl (C=O) groups is 1. The normalized spacial score (nSPS) is 19.7. The zero-order valence-electron chi connectivity index (χ0n) is 10.5. The Morgan fingerprint density at radius 3 is 2.76 bits per heavy atom. The van der Waals surface area contributed by atoms with Crippen molar-refractivity contribution in [2.24, 2.45) is 5.92 Å². The fraction of sp³-hybridized carbons (Fsp3) is 0.917. The molecular formula is C12H22O5. The predicted molar refractivity (Wildman–Crippen MR) is 62.1 cm³/mol. The molecule has 0 aromatic carbocycles. The smallest absolute Gasteiger partial charge is 0.163 e. The maximum absolute atomic E-state index is 11.6. The van der Waals surface area contributed by atoms with Crippen molar-refractivity contribution < 1.29 is 23.7 Å². The van der Waals surface area contributed by atoms with Gasteiger partial charge in [-0.2, -0.15) is 0 Å². The number of methoxy groups -OCH3 is 1. The molecule has 0 aromatic heterocycles. The maximum atomic E-state index is 11.6. The van der Waals surface area contributed by atoms with E-state index in [0.29, 0.717) is 39.6 Å². The standard InChI is InChI=1S/C12H22O5/c1-14-4-2-5-15-7-8-17-10-12(13)11-3-6-16-9-11/h11H,2-10H2,1H3. The van der Waals surface area contributed by atoms with Gasteiger partial charge in [-0.05, 0) is 12.8 Å². The highest BCUT2D eigenvalue weighted by Crippen LogP contribution is 2.13. The van der Waals surface area contributed by atoms with E-state index in [9.17, 15) is 4.79 Å². The van der Waals surface area contributed by atoms with Gasteiger partial charge in [0.15, 0.2) is 5.78 Å². The van der Waals surface area contributed by atoms with Crippen LogP contribution in [-0.2, 0) is 23.7 Å². The van der Waals surface area contributed by atoms with E-state index in [4.69, 9.17) is 18.9 Å². The molecule has 0 aromatic rings. The number of ketones is 1. The third-order valence-electron chi connectivity index (χ3n) is 2.64. The van der Waals surface area contributed by atoms with Crippen LogP contribution >= 0.6 is 0 Å². The van der Waals surface area contributed by atoms with Crippen LogP contribution in [0.5, 0.6) is 0 Å². The second kappa shape index (κ2) is 9.53. The summed E-state index contributed by atoms with van der Waals surface area (Å²) >= 11 is 0. The Labute approximate surface area is 102 Å². The zero-order valence-corrected chi connectivity index (χ0v) is 10.5. The number of rotatable bonds is 10. The molecule has 0 N–H and O–H groups in total. The minimum atomic E-state index is 0.0395. The van der Waals surface area contributed by atoms with Crippen LogP contribution in [0, 0.1) is 5.92 Å². The summed E-state index contributed by atoms with van der Waals surface area (Å²) in [6.45, 7) is 3.79. The van der Waals surface area contributed by atoms with Crippen LogP contribution in [0.2, 0.25) is 0 Å². The van der Waals surface area contributed by atoms with Crippen LogP contribution in [0.15, 0.2) is 0 Å². The summed E-state index contributed by atoms with van der Waals surface area (Å²) < 4.78 is 20.6. The highest BCUT2D eigenvalue weighted by Gasteiger charge is 2.22. The molecule has 5 heteroatoms. The summed E-state index contributed by atoms with van der Waals surface area (Å²) in [7, 11) is 1.67. The summed E-state index contributed by atoms with van der Waals surface area (Å²) in [6, 6.07) is 0. The molecule has 100 valence electrons. The molecule has 0 radical (unpaired) electrons. The maximum Gasteiger partial charge on any atom is 0.163 e. The minimum Gasteiger partial charge on any atom is -0.385 e. The molecule has 1 aliphatic rings. The van der Waals surface area contributed by atoms with Gasteiger partial charge in [-0.3, -0.25) is 4.79 Å². The Bertz CT molecular complexity index is 201. The molecule has 1 fully saturated rings. The zero-order chi connectivity index (χ0) is 12.3. The van der Waals surface area contributed by atoms with Crippen LogP contribution in [0.4, 0.5) is 0 Å². The molecular weight excluding hydrogens is 224 g/mol. The third kappa shape index (κ3) is 6.73. The number of ether oxygens (including phenoxy) is 4. The third-order valence-corrected chi connectivity index (χ3v) is 2.64. The van der Waals surface area contributed by atoms with Crippen molar-refractivity contribution in [3.63, 3.8) is 0 Å². The Balaban J connectivity index is 1.85. The molecule has 5 nitrogen and oxygen atoms in total. The van der Waals surface area contributed by atoms with Gasteiger partial charge in [0.2, 0.25) is 0 Å². The van der Waals surface area contributed by atoms with Crippen LogP contribution < -0.4 is 0 Å². The predicted octanol–water partition coefficient (Wildman–Crippen LogP) is 0.662. The van der Waals surface area contributed by atoms with E-state index in [2.05, 4.69) is 0 Å². The van der Waals surface area contributed by atoms with Gasteiger partial charge in [-0.1, -0.05) is 0 Å². The molecule has 0 saturated carbocycles. The Kier molecular flexibility index (Phi) is 8.17. The summed E-state index contributed by atoms with van der Waals surface area (Å²) in [5.41, 5.74) is 0. The second-order valence-corrected chi connectivity index (χ2v) is 4.04. The summed E-state index contributed by atoms with van der Waals surface area (Å²) in [5, 5.41) is 0. The minimum absolute atomic E-state index is 0.0395. The highest BCUT2D eigenvalue weighted by atomic mass is 16.5. The highest BCUT2D eigenvalue weighted by molar-refractivity contribution is 5.82. The topological polar surface area (TPSA) is 54.0 Å². The average molecular weight is 246 g/mol. The van der Waals surface area contributed by atoms with Crippen molar-refractivity contribution >= 4 is 5.78 Å². The van der Waals surface area contributed by atoms with Crippen molar-refractivity contribution in [3.05, 3.63) is 0 Å². The van der Waals surface area contributed by atoms with Gasteiger partial charge in [0, 0.05) is 32.8 Å². The SMILES string of the molecule is COCCCOCCOCC(=O)C1CCOC1. The van der Waals surface area contributed by atoms with Gasteiger partial charge in [-0.25, -0.2) is 0 Å². The molecule has 1 unspecified atom stereocenters. The van der Waals surface area contributed by atoms with E-state index in [1.165, 1.54) is 0 Å². The Morgan fingerprint density at radius 1 is 1.24 bits per heavy atom. The largest absolute Gasteiger partial charge is 0.385 e. The lowest BCUT2D eigenvalue weighted by Gasteiger charge is -2.08. The first-order chi connectivity index (χ1) is 8.34. The van der Waals surface area contributed by atoms with E-state index in [1.807, 2.05) is 0 Å². The molecule has 1 rings (SSSR count). The number of hydrogen-bond acceptors (Lipinski definition) is 5. The quantitative estimate of drug-likeness (QED) is 0.530. The van der Waals surface area contributed by atoms with Crippen LogP contribution in [0.25, 0.3) is 0 Å². The lowest BCUT2D eigenvalue weighted by atomic mass is 10.0. The van der Waals surface area contributed by atoms with Crippen LogP contribution in [0.3, 0.4) is 0 Å². The number of Topliss-reactive ketones (excluding diaryl/α,β-unsaturated/α-hetero) is 1. The van der Waals surface area contributed by atoms with Crippen molar-refractivity contribution in [1.29, 1.82) is 0 Å². The molecule has 0 aliphatic carbocycles. The van der Waals surface area contributed by atoms with Crippen LogP contribution in [-0.4, -0.2) is 59.1 Å². The van der Waals surface area contributed by atoms with E-state index < -0.39 is 0 Å². The first-order valence-corrected chi connectivity index (χ1v) is 6.09. The van der Waals surface area contributed by atoms with Crippen molar-refractivity contribution in [1.82, 2.24) is 0 Å².